The molecule has 4 bridgehead atoms. The highest BCUT2D eigenvalue weighted by molar-refractivity contribution is 5.78. The minimum Gasteiger partial charge on any atom is -0.348 e. The molecule has 3 saturated heterocycles. The van der Waals surface area contributed by atoms with Crippen LogP contribution in [0.3, 0.4) is 0 Å². The van der Waals surface area contributed by atoms with Crippen molar-refractivity contribution in [3.8, 4) is 0 Å². The summed E-state index contributed by atoms with van der Waals surface area (Å²) in [6, 6.07) is 0. The van der Waals surface area contributed by atoms with Crippen LogP contribution in [0.15, 0.2) is 0 Å². The number of Topliss-reactive ketones (excluding diaryl/α,β-unsaturated/α-hetero) is 2. The van der Waals surface area contributed by atoms with Crippen molar-refractivity contribution in [3.05, 3.63) is 0 Å². The van der Waals surface area contributed by atoms with Crippen LogP contribution in [-0.2, 0) is 28.5 Å². The van der Waals surface area contributed by atoms with Crippen molar-refractivity contribution < 1.29 is 28.5 Å². The number of fused-ring (bicyclic) bond motifs is 4. The van der Waals surface area contributed by atoms with Crippen molar-refractivity contribution in [2.75, 3.05) is 13.2 Å². The molecule has 3 aliphatic heterocycles. The van der Waals surface area contributed by atoms with E-state index in [9.17, 15) is 9.59 Å². The molecule has 0 aromatic heterocycles. The van der Waals surface area contributed by atoms with Crippen LogP contribution in [0.2, 0.25) is 0 Å². The molecule has 3 aliphatic rings. The molecule has 6 nitrogen and oxygen atoms in total. The van der Waals surface area contributed by atoms with E-state index in [0.717, 1.165) is 0 Å². The van der Waals surface area contributed by atoms with Crippen molar-refractivity contribution in [1.29, 1.82) is 0 Å². The lowest BCUT2D eigenvalue weighted by molar-refractivity contribution is -0.166. The Labute approximate surface area is 143 Å². The number of carbonyl (C=O) groups excluding carboxylic acids is 2. The molecule has 0 saturated carbocycles. The average Bonchev–Trinajstić information content (AvgIpc) is 3.11. The Hall–Kier alpha value is -0.820. The summed E-state index contributed by atoms with van der Waals surface area (Å²) in [5.41, 5.74) is 0. The van der Waals surface area contributed by atoms with Crippen LogP contribution < -0.4 is 0 Å². The van der Waals surface area contributed by atoms with Gasteiger partial charge in [-0.25, -0.2) is 0 Å². The Kier molecular flexibility index (Phi) is 5.39. The van der Waals surface area contributed by atoms with Crippen LogP contribution >= 0.6 is 0 Å². The normalized spacial score (nSPS) is 42.4. The molecule has 0 spiro atoms. The van der Waals surface area contributed by atoms with E-state index in [-0.39, 0.29) is 23.8 Å². The number of hydrogen-bond donors (Lipinski definition) is 0. The number of hydrogen-bond acceptors (Lipinski definition) is 6. The predicted molar refractivity (Wildman–Crippen MR) is 85.4 cm³/mol. The quantitative estimate of drug-likeness (QED) is 0.675. The van der Waals surface area contributed by atoms with Crippen molar-refractivity contribution in [2.24, 2.45) is 0 Å². The van der Waals surface area contributed by atoms with Gasteiger partial charge in [-0.2, -0.15) is 0 Å². The van der Waals surface area contributed by atoms with E-state index in [4.69, 9.17) is 18.9 Å². The van der Waals surface area contributed by atoms with Gasteiger partial charge in [-0.15, -0.1) is 0 Å². The van der Waals surface area contributed by atoms with Crippen LogP contribution in [0.4, 0.5) is 0 Å². The first-order valence-corrected chi connectivity index (χ1v) is 9.03. The maximum absolute atomic E-state index is 12.1. The molecule has 3 rings (SSSR count). The van der Waals surface area contributed by atoms with E-state index in [0.29, 0.717) is 64.6 Å². The fourth-order valence-electron chi connectivity index (χ4n) is 3.55. The van der Waals surface area contributed by atoms with Gasteiger partial charge in [0.05, 0.1) is 25.4 Å². The molecule has 24 heavy (non-hydrogen) atoms. The summed E-state index contributed by atoms with van der Waals surface area (Å²) in [6.07, 6.45) is 4.10. The van der Waals surface area contributed by atoms with Gasteiger partial charge in [0.25, 0.3) is 0 Å². The lowest BCUT2D eigenvalue weighted by Gasteiger charge is -2.24. The van der Waals surface area contributed by atoms with Gasteiger partial charge in [-0.3, -0.25) is 9.59 Å². The third-order valence-electron chi connectivity index (χ3n) is 5.19. The van der Waals surface area contributed by atoms with Gasteiger partial charge in [-0.05, 0) is 26.7 Å². The second-order valence-electron chi connectivity index (χ2n) is 7.52. The molecule has 4 unspecified atom stereocenters. The summed E-state index contributed by atoms with van der Waals surface area (Å²) in [5.74, 6) is -1.00. The molecule has 136 valence electrons. The monoisotopic (exact) mass is 340 g/mol. The van der Waals surface area contributed by atoms with E-state index in [1.54, 1.807) is 0 Å². The largest absolute Gasteiger partial charge is 0.348 e. The standard InChI is InChI=1S/C18H28O6/c1-17-9-7-13(19)4-6-16-12-22-18(2,24-16)10-8-14(20)3-5-15(23-17)11-21-17/h15-16H,3-12H2,1-2H3. The zero-order valence-corrected chi connectivity index (χ0v) is 14.7. The van der Waals surface area contributed by atoms with Gasteiger partial charge < -0.3 is 18.9 Å². The van der Waals surface area contributed by atoms with Crippen LogP contribution in [0, 0.1) is 0 Å². The number of ketones is 2. The van der Waals surface area contributed by atoms with Gasteiger partial charge in [0.2, 0.25) is 0 Å². The Morgan fingerprint density at radius 3 is 1.58 bits per heavy atom. The van der Waals surface area contributed by atoms with Crippen LogP contribution in [0.25, 0.3) is 0 Å². The summed E-state index contributed by atoms with van der Waals surface area (Å²) in [5, 5.41) is 0. The zero-order chi connectivity index (χ0) is 17.2. The van der Waals surface area contributed by atoms with Crippen LogP contribution in [0.5, 0.6) is 0 Å². The van der Waals surface area contributed by atoms with Gasteiger partial charge >= 0.3 is 0 Å². The maximum atomic E-state index is 12.1. The third kappa shape index (κ3) is 4.63. The first-order valence-electron chi connectivity index (χ1n) is 9.03. The van der Waals surface area contributed by atoms with E-state index in [1.807, 2.05) is 13.8 Å². The fourth-order valence-corrected chi connectivity index (χ4v) is 3.55. The van der Waals surface area contributed by atoms with Gasteiger partial charge in [-0.1, -0.05) is 0 Å². The van der Waals surface area contributed by atoms with Crippen LogP contribution in [0.1, 0.15) is 65.2 Å². The summed E-state index contributed by atoms with van der Waals surface area (Å²) >= 11 is 0. The highest BCUT2D eigenvalue weighted by Gasteiger charge is 2.39. The van der Waals surface area contributed by atoms with Crippen LogP contribution in [-0.4, -0.2) is 48.6 Å². The molecular weight excluding hydrogens is 312 g/mol. The molecule has 0 N–H and O–H groups in total. The van der Waals surface area contributed by atoms with E-state index in [1.165, 1.54) is 0 Å². The fraction of sp³-hybridized carbons (Fsp3) is 0.889. The molecule has 3 fully saturated rings. The summed E-state index contributed by atoms with van der Waals surface area (Å²) in [6.45, 7) is 4.74. The minimum atomic E-state index is -0.702. The van der Waals surface area contributed by atoms with Gasteiger partial charge in [0.1, 0.15) is 11.6 Å². The first-order chi connectivity index (χ1) is 11.4. The molecule has 0 aromatic carbocycles. The molecule has 0 aliphatic carbocycles. The maximum Gasteiger partial charge on any atom is 0.166 e. The van der Waals surface area contributed by atoms with E-state index < -0.39 is 11.6 Å². The number of carbonyl (C=O) groups is 2. The first kappa shape index (κ1) is 18.0. The number of ether oxygens (including phenoxy) is 4. The molecule has 0 radical (unpaired) electrons. The summed E-state index contributed by atoms with van der Waals surface area (Å²) in [7, 11) is 0. The zero-order valence-electron chi connectivity index (χ0n) is 14.7. The Balaban J connectivity index is 1.63. The van der Waals surface area contributed by atoms with Crippen molar-refractivity contribution in [2.45, 2.75) is 89.0 Å². The molecule has 3 heterocycles. The second kappa shape index (κ2) is 7.20. The molecule has 4 atom stereocenters. The van der Waals surface area contributed by atoms with Crippen molar-refractivity contribution in [3.63, 3.8) is 0 Å². The SMILES string of the molecule is CC12CCC(=O)CCC3COC(C)(CCC(=O)CCC(CO1)O2)O3. The minimum absolute atomic E-state index is 0.0686. The third-order valence-corrected chi connectivity index (χ3v) is 5.19. The highest BCUT2D eigenvalue weighted by atomic mass is 16.7. The summed E-state index contributed by atoms with van der Waals surface area (Å²) < 4.78 is 23.4. The van der Waals surface area contributed by atoms with E-state index in [2.05, 4.69) is 0 Å². The second-order valence-corrected chi connectivity index (χ2v) is 7.52. The van der Waals surface area contributed by atoms with Crippen molar-refractivity contribution >= 4 is 11.6 Å². The average molecular weight is 340 g/mol. The highest BCUT2D eigenvalue weighted by Crippen LogP contribution is 2.33. The molecule has 0 aromatic rings. The molecule has 0 amide bonds. The van der Waals surface area contributed by atoms with Gasteiger partial charge in [0.15, 0.2) is 11.6 Å². The topological polar surface area (TPSA) is 71.1 Å². The van der Waals surface area contributed by atoms with E-state index >= 15 is 0 Å². The van der Waals surface area contributed by atoms with Crippen molar-refractivity contribution in [1.82, 2.24) is 0 Å². The Morgan fingerprint density at radius 1 is 0.750 bits per heavy atom. The summed E-state index contributed by atoms with van der Waals surface area (Å²) in [4.78, 5) is 24.3. The Morgan fingerprint density at radius 2 is 1.17 bits per heavy atom. The van der Waals surface area contributed by atoms with Gasteiger partial charge in [0, 0.05) is 38.5 Å². The molecular formula is C18H28O6. The number of rotatable bonds is 0. The predicted octanol–water partition coefficient (Wildman–Crippen LogP) is 2.52. The lowest BCUT2D eigenvalue weighted by atomic mass is 10.0. The molecule has 6 heteroatoms. The Bertz CT molecular complexity index is 448. The smallest absolute Gasteiger partial charge is 0.166 e. The lowest BCUT2D eigenvalue weighted by Crippen LogP contribution is -2.29.